The molecule has 0 unspecified atom stereocenters. The standard InChI is InChI=1S/C14H14N4O2/c1-17-8-11(9-19)13(16-17)10-2-4-12(5-3-10)18-7-6-15-14(18)20/h2-5,8-9H,6-7H2,1H3,(H,15,20). The first-order chi connectivity index (χ1) is 9.69. The minimum Gasteiger partial charge on any atom is -0.336 e. The number of anilines is 1. The number of aromatic nitrogens is 2. The predicted octanol–water partition coefficient (Wildman–Crippen LogP) is 1.43. The number of hydrogen-bond donors (Lipinski definition) is 1. The first-order valence-corrected chi connectivity index (χ1v) is 6.33. The maximum Gasteiger partial charge on any atom is 0.321 e. The third kappa shape index (κ3) is 2.05. The number of carbonyl (C=O) groups is 2. The van der Waals surface area contributed by atoms with Gasteiger partial charge in [0.05, 0.1) is 5.56 Å². The van der Waals surface area contributed by atoms with Gasteiger partial charge >= 0.3 is 6.03 Å². The lowest BCUT2D eigenvalue weighted by Gasteiger charge is -2.14. The lowest BCUT2D eigenvalue weighted by Crippen LogP contribution is -2.27. The Morgan fingerprint density at radius 3 is 2.65 bits per heavy atom. The molecular formula is C14H14N4O2. The van der Waals surface area contributed by atoms with Crippen LogP contribution in [0.2, 0.25) is 0 Å². The van der Waals surface area contributed by atoms with Crippen LogP contribution in [0.15, 0.2) is 30.5 Å². The van der Waals surface area contributed by atoms with E-state index >= 15 is 0 Å². The number of aldehydes is 1. The molecule has 0 atom stereocenters. The average molecular weight is 270 g/mol. The number of aryl methyl sites for hydroxylation is 1. The first-order valence-electron chi connectivity index (χ1n) is 6.33. The molecule has 0 radical (unpaired) electrons. The smallest absolute Gasteiger partial charge is 0.321 e. The van der Waals surface area contributed by atoms with Gasteiger partial charge in [-0.1, -0.05) is 12.1 Å². The molecule has 1 aromatic carbocycles. The van der Waals surface area contributed by atoms with E-state index < -0.39 is 0 Å². The quantitative estimate of drug-likeness (QED) is 0.858. The van der Waals surface area contributed by atoms with Crippen LogP contribution in [0.3, 0.4) is 0 Å². The number of nitrogens with one attached hydrogen (secondary N) is 1. The van der Waals surface area contributed by atoms with Gasteiger partial charge in [0.1, 0.15) is 5.69 Å². The summed E-state index contributed by atoms with van der Waals surface area (Å²) in [6, 6.07) is 7.39. The monoisotopic (exact) mass is 270 g/mol. The van der Waals surface area contributed by atoms with Crippen molar-refractivity contribution in [1.82, 2.24) is 15.1 Å². The Kier molecular flexibility index (Phi) is 2.98. The number of carbonyl (C=O) groups excluding carboxylic acids is 2. The SMILES string of the molecule is Cn1cc(C=O)c(-c2ccc(N3CCNC3=O)cc2)n1. The van der Waals surface area contributed by atoms with Gasteiger partial charge in [-0.2, -0.15) is 5.10 Å². The summed E-state index contributed by atoms with van der Waals surface area (Å²) in [5.41, 5.74) is 2.91. The molecule has 1 fully saturated rings. The van der Waals surface area contributed by atoms with Crippen LogP contribution >= 0.6 is 0 Å². The van der Waals surface area contributed by atoms with Gasteiger partial charge in [0, 0.05) is 37.6 Å². The number of hydrogen-bond acceptors (Lipinski definition) is 3. The topological polar surface area (TPSA) is 67.2 Å². The zero-order valence-corrected chi connectivity index (χ0v) is 11.0. The summed E-state index contributed by atoms with van der Waals surface area (Å²) in [5.74, 6) is 0. The van der Waals surface area contributed by atoms with Gasteiger partial charge in [0.2, 0.25) is 0 Å². The molecule has 0 bridgehead atoms. The summed E-state index contributed by atoms with van der Waals surface area (Å²) >= 11 is 0. The maximum atomic E-state index is 11.6. The molecule has 0 aliphatic carbocycles. The van der Waals surface area contributed by atoms with Crippen LogP contribution in [0.4, 0.5) is 10.5 Å². The largest absolute Gasteiger partial charge is 0.336 e. The summed E-state index contributed by atoms with van der Waals surface area (Å²) < 4.78 is 1.61. The summed E-state index contributed by atoms with van der Waals surface area (Å²) in [6.07, 6.45) is 2.48. The van der Waals surface area contributed by atoms with Crippen molar-refractivity contribution in [2.24, 2.45) is 7.05 Å². The third-order valence-electron chi connectivity index (χ3n) is 3.29. The molecule has 20 heavy (non-hydrogen) atoms. The van der Waals surface area contributed by atoms with Crippen molar-refractivity contribution in [3.63, 3.8) is 0 Å². The van der Waals surface area contributed by atoms with E-state index in [0.717, 1.165) is 17.5 Å². The molecule has 1 aliphatic rings. The summed E-state index contributed by atoms with van der Waals surface area (Å²) in [4.78, 5) is 24.3. The van der Waals surface area contributed by atoms with E-state index in [1.165, 1.54) is 0 Å². The molecule has 3 rings (SSSR count). The normalized spacial score (nSPS) is 14.4. The molecule has 0 spiro atoms. The Labute approximate surface area is 116 Å². The van der Waals surface area contributed by atoms with Crippen LogP contribution in [-0.2, 0) is 7.05 Å². The van der Waals surface area contributed by atoms with Crippen molar-refractivity contribution in [3.05, 3.63) is 36.0 Å². The van der Waals surface area contributed by atoms with E-state index in [1.807, 2.05) is 24.3 Å². The second kappa shape index (κ2) is 4.80. The Bertz CT molecular complexity index is 660. The highest BCUT2D eigenvalue weighted by Crippen LogP contribution is 2.24. The molecule has 2 amide bonds. The van der Waals surface area contributed by atoms with E-state index in [9.17, 15) is 9.59 Å². The third-order valence-corrected chi connectivity index (χ3v) is 3.29. The fourth-order valence-electron chi connectivity index (χ4n) is 2.33. The van der Waals surface area contributed by atoms with Gasteiger partial charge in [0.25, 0.3) is 0 Å². The number of nitrogens with zero attached hydrogens (tertiary/aromatic N) is 3. The molecule has 102 valence electrons. The van der Waals surface area contributed by atoms with Crippen LogP contribution in [-0.4, -0.2) is 35.2 Å². The van der Waals surface area contributed by atoms with Crippen molar-refractivity contribution in [1.29, 1.82) is 0 Å². The fourth-order valence-corrected chi connectivity index (χ4v) is 2.33. The van der Waals surface area contributed by atoms with Crippen LogP contribution < -0.4 is 10.2 Å². The Balaban J connectivity index is 1.93. The lowest BCUT2D eigenvalue weighted by molar-refractivity contribution is 0.112. The molecule has 2 aromatic rings. The minimum absolute atomic E-state index is 0.0795. The first kappa shape index (κ1) is 12.4. The number of amides is 2. The van der Waals surface area contributed by atoms with Gasteiger partial charge in [-0.15, -0.1) is 0 Å². The van der Waals surface area contributed by atoms with Gasteiger partial charge in [-0.25, -0.2) is 4.79 Å². The molecular weight excluding hydrogens is 256 g/mol. The van der Waals surface area contributed by atoms with Gasteiger partial charge < -0.3 is 5.32 Å². The number of rotatable bonds is 3. The molecule has 1 aliphatic heterocycles. The summed E-state index contributed by atoms with van der Waals surface area (Å²) in [6.45, 7) is 1.33. The van der Waals surface area contributed by atoms with Crippen LogP contribution in [0, 0.1) is 0 Å². The maximum absolute atomic E-state index is 11.6. The van der Waals surface area contributed by atoms with Gasteiger partial charge in [-0.05, 0) is 12.1 Å². The molecule has 2 heterocycles. The molecule has 6 heteroatoms. The zero-order valence-electron chi connectivity index (χ0n) is 11.0. The van der Waals surface area contributed by atoms with E-state index in [1.54, 1.807) is 22.8 Å². The van der Waals surface area contributed by atoms with Crippen LogP contribution in [0.1, 0.15) is 10.4 Å². The van der Waals surface area contributed by atoms with Crippen molar-refractivity contribution < 1.29 is 9.59 Å². The highest BCUT2D eigenvalue weighted by atomic mass is 16.2. The van der Waals surface area contributed by atoms with Crippen molar-refractivity contribution >= 4 is 18.0 Å². The van der Waals surface area contributed by atoms with Crippen LogP contribution in [0.5, 0.6) is 0 Å². The molecule has 1 saturated heterocycles. The second-order valence-electron chi connectivity index (χ2n) is 4.66. The minimum atomic E-state index is -0.0795. The van der Waals surface area contributed by atoms with Gasteiger partial charge in [-0.3, -0.25) is 14.4 Å². The fraction of sp³-hybridized carbons (Fsp3) is 0.214. The highest BCUT2D eigenvalue weighted by Gasteiger charge is 2.21. The number of urea groups is 1. The molecule has 6 nitrogen and oxygen atoms in total. The zero-order chi connectivity index (χ0) is 14.1. The highest BCUT2D eigenvalue weighted by molar-refractivity contribution is 5.94. The van der Waals surface area contributed by atoms with E-state index in [2.05, 4.69) is 10.4 Å². The van der Waals surface area contributed by atoms with Crippen molar-refractivity contribution in [2.75, 3.05) is 18.0 Å². The Hall–Kier alpha value is -2.63. The summed E-state index contributed by atoms with van der Waals surface area (Å²) in [5, 5.41) is 7.05. The Morgan fingerprint density at radius 1 is 1.30 bits per heavy atom. The van der Waals surface area contributed by atoms with Crippen LogP contribution in [0.25, 0.3) is 11.3 Å². The van der Waals surface area contributed by atoms with Crippen molar-refractivity contribution in [2.45, 2.75) is 0 Å². The van der Waals surface area contributed by atoms with E-state index in [4.69, 9.17) is 0 Å². The summed E-state index contributed by atoms with van der Waals surface area (Å²) in [7, 11) is 1.78. The molecule has 1 aromatic heterocycles. The van der Waals surface area contributed by atoms with Crippen molar-refractivity contribution in [3.8, 4) is 11.3 Å². The predicted molar refractivity (Wildman–Crippen MR) is 74.8 cm³/mol. The van der Waals surface area contributed by atoms with E-state index in [-0.39, 0.29) is 6.03 Å². The van der Waals surface area contributed by atoms with E-state index in [0.29, 0.717) is 24.3 Å². The van der Waals surface area contributed by atoms with Gasteiger partial charge in [0.15, 0.2) is 6.29 Å². The molecule has 1 N–H and O–H groups in total. The number of benzene rings is 1. The molecule has 0 saturated carbocycles. The lowest BCUT2D eigenvalue weighted by atomic mass is 10.1. The second-order valence-corrected chi connectivity index (χ2v) is 4.66. The average Bonchev–Trinajstić information content (AvgIpc) is 3.04. The Morgan fingerprint density at radius 2 is 2.05 bits per heavy atom.